The first-order chi connectivity index (χ1) is 6.04. The van der Waals surface area contributed by atoms with Gasteiger partial charge >= 0.3 is 105 Å². The number of nitrogens with zero attached hydrogens (tertiary/aromatic N) is 2. The third kappa shape index (κ3) is 5.10. The Morgan fingerprint density at radius 2 is 1.69 bits per heavy atom. The number of likely N-dealkylation sites (N-methyl/N-ethyl adjacent to an activating group) is 2. The van der Waals surface area contributed by atoms with E-state index in [1.165, 1.54) is 0 Å². The molecule has 3 nitrogen and oxygen atoms in total. The standard InChI is InChI=1S/C8H21I2N3/c1-7(13(6)10-3)8(11-9-2)12(4)5/h7-8,11H,1-6H3/q-2. The molecule has 0 fully saturated rings. The van der Waals surface area contributed by atoms with Crippen LogP contribution >= 0.6 is 0 Å². The molecule has 1 N–H and O–H groups in total. The zero-order valence-corrected chi connectivity index (χ0v) is 13.6. The third-order valence-corrected chi connectivity index (χ3v) is 5.72. The van der Waals surface area contributed by atoms with Crippen molar-refractivity contribution in [1.29, 1.82) is 0 Å². The zero-order chi connectivity index (χ0) is 10.4. The Balaban J connectivity index is 4.18. The normalized spacial score (nSPS) is 17.2. The van der Waals surface area contributed by atoms with E-state index in [4.69, 9.17) is 0 Å². The van der Waals surface area contributed by atoms with Crippen LogP contribution in [0.15, 0.2) is 0 Å². The topological polar surface area (TPSA) is 18.5 Å². The third-order valence-electron chi connectivity index (χ3n) is 2.06. The molecule has 0 saturated heterocycles. The van der Waals surface area contributed by atoms with E-state index >= 15 is 0 Å². The Morgan fingerprint density at radius 3 is 2.00 bits per heavy atom. The number of halogens is 2. The van der Waals surface area contributed by atoms with Crippen molar-refractivity contribution >= 4 is 0 Å². The molecule has 0 aromatic heterocycles. The first-order valence-corrected chi connectivity index (χ1v) is 10.5. The van der Waals surface area contributed by atoms with E-state index in [0.29, 0.717) is 12.2 Å². The van der Waals surface area contributed by atoms with E-state index in [-0.39, 0.29) is 43.0 Å². The van der Waals surface area contributed by atoms with Crippen molar-refractivity contribution in [2.75, 3.05) is 31.0 Å². The van der Waals surface area contributed by atoms with Crippen molar-refractivity contribution in [3.63, 3.8) is 0 Å². The van der Waals surface area contributed by atoms with Gasteiger partial charge in [-0.3, -0.25) is 0 Å². The van der Waals surface area contributed by atoms with Crippen LogP contribution < -0.4 is 46.5 Å². The fraction of sp³-hybridized carbons (Fsp3) is 1.00. The van der Waals surface area contributed by atoms with Crippen LogP contribution in [0.25, 0.3) is 0 Å². The minimum absolute atomic E-state index is 0.163. The maximum atomic E-state index is 3.61. The second-order valence-electron chi connectivity index (χ2n) is 3.14. The monoisotopic (exact) mass is 413 g/mol. The van der Waals surface area contributed by atoms with Gasteiger partial charge in [0.1, 0.15) is 0 Å². The summed E-state index contributed by atoms with van der Waals surface area (Å²) in [6, 6.07) is 0.618. The fourth-order valence-corrected chi connectivity index (χ4v) is 3.98. The van der Waals surface area contributed by atoms with Crippen LogP contribution in [0, 0.1) is 0 Å². The molecule has 0 amide bonds. The molecule has 0 bridgehead atoms. The van der Waals surface area contributed by atoms with Crippen LogP contribution in [0.3, 0.4) is 0 Å². The average molecular weight is 413 g/mol. The van der Waals surface area contributed by atoms with Gasteiger partial charge in [0.15, 0.2) is 0 Å². The molecule has 5 heteroatoms. The Morgan fingerprint density at radius 1 is 1.15 bits per heavy atom. The molecule has 0 aliphatic carbocycles. The van der Waals surface area contributed by atoms with Gasteiger partial charge in [-0.2, -0.15) is 0 Å². The summed E-state index contributed by atoms with van der Waals surface area (Å²) in [7, 11) is 6.52. The second-order valence-corrected chi connectivity index (χ2v) is 7.33. The van der Waals surface area contributed by atoms with Gasteiger partial charge in [-0.25, -0.2) is 0 Å². The van der Waals surface area contributed by atoms with E-state index in [2.05, 4.69) is 49.5 Å². The molecule has 0 aliphatic rings. The molecule has 2 unspecified atom stereocenters. The number of alkyl halides is 2. The average Bonchev–Trinajstić information content (AvgIpc) is 2.11. The Bertz CT molecular complexity index is 133. The molecule has 0 aromatic rings. The SMILES string of the molecule is C[I-]NC(C(C)N(C)[I-]C)N(C)C. The zero-order valence-electron chi connectivity index (χ0n) is 9.31. The van der Waals surface area contributed by atoms with E-state index in [1.54, 1.807) is 0 Å². The summed E-state index contributed by atoms with van der Waals surface area (Å²) in [5.74, 6) is 0. The molecule has 84 valence electrons. The van der Waals surface area contributed by atoms with Gasteiger partial charge in [0.05, 0.1) is 0 Å². The summed E-state index contributed by atoms with van der Waals surface area (Å²) in [5, 5.41) is 0. The Hall–Kier alpha value is 1.34. The van der Waals surface area contributed by atoms with Gasteiger partial charge in [0.2, 0.25) is 0 Å². The van der Waals surface area contributed by atoms with Gasteiger partial charge in [-0.1, -0.05) is 0 Å². The number of rotatable bonds is 6. The van der Waals surface area contributed by atoms with E-state index in [0.717, 1.165) is 0 Å². The molecule has 0 heterocycles. The van der Waals surface area contributed by atoms with Crippen LogP contribution in [0.2, 0.25) is 0 Å². The molecular formula is C8H21I2N3-2. The second kappa shape index (κ2) is 7.61. The van der Waals surface area contributed by atoms with Gasteiger partial charge in [0, 0.05) is 0 Å². The van der Waals surface area contributed by atoms with Crippen LogP contribution in [0.4, 0.5) is 0 Å². The first kappa shape index (κ1) is 14.3. The van der Waals surface area contributed by atoms with Crippen LogP contribution in [-0.2, 0) is 0 Å². The van der Waals surface area contributed by atoms with Gasteiger partial charge in [0.25, 0.3) is 0 Å². The minimum atomic E-state index is 0.163. The number of hydrogen-bond donors (Lipinski definition) is 1. The molecule has 0 saturated carbocycles. The molecule has 0 radical (unpaired) electrons. The molecule has 2 atom stereocenters. The molecule has 13 heavy (non-hydrogen) atoms. The maximum absolute atomic E-state index is 3.61. The van der Waals surface area contributed by atoms with Crippen molar-refractivity contribution in [3.05, 3.63) is 0 Å². The quantitative estimate of drug-likeness (QED) is 0.203. The fourth-order valence-electron chi connectivity index (χ4n) is 1.08. The number of nitrogens with one attached hydrogen (secondary N) is 1. The summed E-state index contributed by atoms with van der Waals surface area (Å²) < 4.78 is 6.09. The van der Waals surface area contributed by atoms with Gasteiger partial charge < -0.3 is 0 Å². The first-order valence-electron chi connectivity index (χ1n) is 4.17. The summed E-state index contributed by atoms with van der Waals surface area (Å²) in [5.41, 5.74) is 0. The summed E-state index contributed by atoms with van der Waals surface area (Å²) >= 11 is 0.376. The molecule has 0 rings (SSSR count). The predicted octanol–water partition coefficient (Wildman–Crippen LogP) is -5.95. The van der Waals surface area contributed by atoms with Gasteiger partial charge in [-0.15, -0.1) is 0 Å². The Kier molecular flexibility index (Phi) is 8.39. The Labute approximate surface area is 104 Å². The van der Waals surface area contributed by atoms with Crippen molar-refractivity contribution in [2.45, 2.75) is 19.1 Å². The van der Waals surface area contributed by atoms with Crippen molar-refractivity contribution in [1.82, 2.24) is 11.5 Å². The summed E-state index contributed by atoms with van der Waals surface area (Å²) in [4.78, 5) is 6.86. The summed E-state index contributed by atoms with van der Waals surface area (Å²) in [6.07, 6.45) is 0.516. The molecule has 0 spiro atoms. The van der Waals surface area contributed by atoms with Crippen LogP contribution in [0.5, 0.6) is 0 Å². The van der Waals surface area contributed by atoms with Crippen LogP contribution in [-0.4, -0.2) is 51.2 Å². The summed E-state index contributed by atoms with van der Waals surface area (Å²) in [6.45, 7) is 2.31. The predicted molar refractivity (Wildman–Crippen MR) is 49.7 cm³/mol. The van der Waals surface area contributed by atoms with E-state index < -0.39 is 0 Å². The van der Waals surface area contributed by atoms with Crippen molar-refractivity contribution in [3.8, 4) is 0 Å². The van der Waals surface area contributed by atoms with E-state index in [9.17, 15) is 0 Å². The van der Waals surface area contributed by atoms with Crippen LogP contribution in [0.1, 0.15) is 6.92 Å². The van der Waals surface area contributed by atoms with Crippen molar-refractivity contribution < 1.29 is 43.0 Å². The van der Waals surface area contributed by atoms with Crippen molar-refractivity contribution in [2.24, 2.45) is 0 Å². The van der Waals surface area contributed by atoms with Gasteiger partial charge in [-0.05, 0) is 0 Å². The molecule has 0 aliphatic heterocycles. The van der Waals surface area contributed by atoms with E-state index in [1.807, 2.05) is 0 Å². The molecule has 0 aromatic carbocycles. The number of hydrogen-bond acceptors (Lipinski definition) is 3. The molecular weight excluding hydrogens is 392 g/mol.